The zero-order valence-electron chi connectivity index (χ0n) is 12.4. The molecule has 1 amide bonds. The normalized spacial score (nSPS) is 27.7. The molecule has 1 saturated carbocycles. The average molecular weight is 263 g/mol. The minimum atomic E-state index is 0.241. The van der Waals surface area contributed by atoms with Gasteiger partial charge in [-0.2, -0.15) is 0 Å². The highest BCUT2D eigenvalue weighted by Crippen LogP contribution is 2.30. The van der Waals surface area contributed by atoms with E-state index in [1.54, 1.807) is 0 Å². The molecule has 0 radical (unpaired) electrons. The third-order valence-electron chi connectivity index (χ3n) is 4.90. The summed E-state index contributed by atoms with van der Waals surface area (Å²) in [7, 11) is 0. The monoisotopic (exact) mass is 263 g/mol. The molecule has 0 spiro atoms. The third-order valence-corrected chi connectivity index (χ3v) is 4.90. The van der Waals surface area contributed by atoms with Crippen molar-refractivity contribution in [2.24, 2.45) is 11.8 Å². The van der Waals surface area contributed by atoms with Crippen LogP contribution < -0.4 is 5.32 Å². The summed E-state index contributed by atoms with van der Waals surface area (Å²) in [4.78, 5) is 11.9. The van der Waals surface area contributed by atoms with Crippen molar-refractivity contribution < 1.29 is 4.79 Å². The van der Waals surface area contributed by atoms with Gasteiger partial charge in [0.2, 0.25) is 5.91 Å². The van der Waals surface area contributed by atoms with Gasteiger partial charge in [-0.1, -0.05) is 37.8 Å². The van der Waals surface area contributed by atoms with Crippen molar-refractivity contribution in [2.45, 2.75) is 71.1 Å². The second-order valence-electron chi connectivity index (χ2n) is 6.38. The van der Waals surface area contributed by atoms with Crippen LogP contribution in [0.15, 0.2) is 11.6 Å². The topological polar surface area (TPSA) is 29.1 Å². The molecule has 2 aliphatic carbocycles. The Morgan fingerprint density at radius 2 is 1.95 bits per heavy atom. The molecule has 0 heterocycles. The lowest BCUT2D eigenvalue weighted by Crippen LogP contribution is -2.31. The highest BCUT2D eigenvalue weighted by Gasteiger charge is 2.20. The smallest absolute Gasteiger partial charge is 0.224 e. The van der Waals surface area contributed by atoms with Gasteiger partial charge in [-0.25, -0.2) is 0 Å². The highest BCUT2D eigenvalue weighted by molar-refractivity contribution is 5.78. The van der Waals surface area contributed by atoms with Crippen molar-refractivity contribution in [1.82, 2.24) is 5.32 Å². The predicted octanol–water partition coefficient (Wildman–Crippen LogP) is 4.21. The highest BCUT2D eigenvalue weighted by atomic mass is 16.1. The maximum Gasteiger partial charge on any atom is 0.224 e. The van der Waals surface area contributed by atoms with Crippen LogP contribution in [0.5, 0.6) is 0 Å². The standard InChI is InChI=1S/C17H29NO/c1-2-14-8-10-16(11-9-14)13-18-17(19)12-15-6-4-3-5-7-15/h6,14,16H,2-5,7-13H2,1H3,(H,18,19). The van der Waals surface area contributed by atoms with E-state index >= 15 is 0 Å². The Labute approximate surface area is 118 Å². The van der Waals surface area contributed by atoms with Crippen molar-refractivity contribution in [3.8, 4) is 0 Å². The Morgan fingerprint density at radius 3 is 2.58 bits per heavy atom. The van der Waals surface area contributed by atoms with Crippen molar-refractivity contribution in [3.05, 3.63) is 11.6 Å². The van der Waals surface area contributed by atoms with E-state index in [0.717, 1.165) is 24.8 Å². The first-order valence-electron chi connectivity index (χ1n) is 8.22. The fourth-order valence-electron chi connectivity index (χ4n) is 3.44. The number of hydrogen-bond donors (Lipinski definition) is 1. The number of carbonyl (C=O) groups is 1. The molecule has 0 aliphatic heterocycles. The quantitative estimate of drug-likeness (QED) is 0.740. The van der Waals surface area contributed by atoms with E-state index in [-0.39, 0.29) is 5.91 Å². The molecule has 2 rings (SSSR count). The van der Waals surface area contributed by atoms with Gasteiger partial charge >= 0.3 is 0 Å². The molecule has 0 aromatic rings. The molecule has 2 nitrogen and oxygen atoms in total. The molecule has 0 bridgehead atoms. The summed E-state index contributed by atoms with van der Waals surface area (Å²) in [6, 6.07) is 0. The third kappa shape index (κ3) is 5.00. The first-order valence-corrected chi connectivity index (χ1v) is 8.22. The fraction of sp³-hybridized carbons (Fsp3) is 0.824. The molecule has 1 N–H and O–H groups in total. The Hall–Kier alpha value is -0.790. The SMILES string of the molecule is CCC1CCC(CNC(=O)CC2=CCCCC2)CC1. The van der Waals surface area contributed by atoms with E-state index in [2.05, 4.69) is 18.3 Å². The number of nitrogens with one attached hydrogen (secondary N) is 1. The van der Waals surface area contributed by atoms with Gasteiger partial charge in [0.05, 0.1) is 0 Å². The largest absolute Gasteiger partial charge is 0.356 e. The number of amides is 1. The van der Waals surface area contributed by atoms with E-state index in [1.165, 1.54) is 56.9 Å². The molecule has 108 valence electrons. The first kappa shape index (κ1) is 14.6. The number of allylic oxidation sites excluding steroid dienone is 1. The van der Waals surface area contributed by atoms with Crippen LogP contribution in [0.4, 0.5) is 0 Å². The van der Waals surface area contributed by atoms with Crippen molar-refractivity contribution >= 4 is 5.91 Å². The summed E-state index contributed by atoms with van der Waals surface area (Å²) < 4.78 is 0. The number of rotatable bonds is 5. The zero-order chi connectivity index (χ0) is 13.5. The average Bonchev–Trinajstić information content (AvgIpc) is 2.47. The van der Waals surface area contributed by atoms with E-state index in [9.17, 15) is 4.79 Å². The van der Waals surface area contributed by atoms with E-state index in [4.69, 9.17) is 0 Å². The van der Waals surface area contributed by atoms with Gasteiger partial charge in [-0.15, -0.1) is 0 Å². The maximum absolute atomic E-state index is 11.9. The van der Waals surface area contributed by atoms with E-state index in [1.807, 2.05) is 0 Å². The van der Waals surface area contributed by atoms with Gasteiger partial charge in [-0.05, 0) is 50.4 Å². The van der Waals surface area contributed by atoms with Crippen molar-refractivity contribution in [2.75, 3.05) is 6.54 Å². The van der Waals surface area contributed by atoms with E-state index < -0.39 is 0 Å². The Morgan fingerprint density at radius 1 is 1.21 bits per heavy atom. The van der Waals surface area contributed by atoms with Crippen LogP contribution in [-0.4, -0.2) is 12.5 Å². The Kier molecular flexibility index (Phi) is 5.93. The number of carbonyl (C=O) groups excluding carboxylic acids is 1. The summed E-state index contributed by atoms with van der Waals surface area (Å²) in [5.74, 6) is 1.91. The number of hydrogen-bond acceptors (Lipinski definition) is 1. The zero-order valence-corrected chi connectivity index (χ0v) is 12.4. The van der Waals surface area contributed by atoms with Crippen LogP contribution in [0.1, 0.15) is 71.1 Å². The lowest BCUT2D eigenvalue weighted by atomic mass is 9.81. The predicted molar refractivity (Wildman–Crippen MR) is 79.9 cm³/mol. The summed E-state index contributed by atoms with van der Waals surface area (Å²) >= 11 is 0. The Balaban J connectivity index is 1.62. The molecular formula is C17H29NO. The van der Waals surface area contributed by atoms with Gasteiger partial charge < -0.3 is 5.32 Å². The minimum absolute atomic E-state index is 0.241. The van der Waals surface area contributed by atoms with Gasteiger partial charge in [0, 0.05) is 13.0 Å². The van der Waals surface area contributed by atoms with Gasteiger partial charge in [0.1, 0.15) is 0 Å². The van der Waals surface area contributed by atoms with Gasteiger partial charge in [0.25, 0.3) is 0 Å². The molecule has 2 heteroatoms. The van der Waals surface area contributed by atoms with Crippen LogP contribution in [0, 0.1) is 11.8 Å². The van der Waals surface area contributed by atoms with Crippen molar-refractivity contribution in [3.63, 3.8) is 0 Å². The molecule has 0 atom stereocenters. The first-order chi connectivity index (χ1) is 9.28. The minimum Gasteiger partial charge on any atom is -0.356 e. The summed E-state index contributed by atoms with van der Waals surface area (Å²) in [6.07, 6.45) is 14.4. The second-order valence-corrected chi connectivity index (χ2v) is 6.38. The van der Waals surface area contributed by atoms with Crippen molar-refractivity contribution in [1.29, 1.82) is 0 Å². The molecule has 19 heavy (non-hydrogen) atoms. The second kappa shape index (κ2) is 7.72. The molecule has 0 unspecified atom stereocenters. The molecular weight excluding hydrogens is 234 g/mol. The van der Waals surface area contributed by atoms with Crippen LogP contribution in [-0.2, 0) is 4.79 Å². The van der Waals surface area contributed by atoms with Crippen LogP contribution in [0.3, 0.4) is 0 Å². The lowest BCUT2D eigenvalue weighted by molar-refractivity contribution is -0.120. The van der Waals surface area contributed by atoms with Gasteiger partial charge in [0.15, 0.2) is 0 Å². The molecule has 0 saturated heterocycles. The Bertz CT molecular complexity index is 313. The summed E-state index contributed by atoms with van der Waals surface area (Å²) in [6.45, 7) is 3.20. The van der Waals surface area contributed by atoms with Crippen LogP contribution >= 0.6 is 0 Å². The molecule has 2 aliphatic rings. The fourth-order valence-corrected chi connectivity index (χ4v) is 3.44. The molecule has 1 fully saturated rings. The van der Waals surface area contributed by atoms with Crippen LogP contribution in [0.25, 0.3) is 0 Å². The van der Waals surface area contributed by atoms with Crippen LogP contribution in [0.2, 0.25) is 0 Å². The van der Waals surface area contributed by atoms with Gasteiger partial charge in [-0.3, -0.25) is 4.79 Å². The molecule has 0 aromatic heterocycles. The summed E-state index contributed by atoms with van der Waals surface area (Å²) in [5.41, 5.74) is 1.36. The molecule has 0 aromatic carbocycles. The maximum atomic E-state index is 11.9. The van der Waals surface area contributed by atoms with E-state index in [0.29, 0.717) is 6.42 Å². The summed E-state index contributed by atoms with van der Waals surface area (Å²) in [5, 5.41) is 3.15. The lowest BCUT2D eigenvalue weighted by Gasteiger charge is -2.27.